The molecule has 5 atom stereocenters. The van der Waals surface area contributed by atoms with Gasteiger partial charge in [-0.15, -0.1) is 0 Å². The minimum Gasteiger partial charge on any atom is -0.372 e. The summed E-state index contributed by atoms with van der Waals surface area (Å²) < 4.78 is 5.80. The number of benzene rings is 1. The zero-order chi connectivity index (χ0) is 26.6. The van der Waals surface area contributed by atoms with Crippen LogP contribution in [0.15, 0.2) is 18.2 Å². The number of hydrogen-bond acceptors (Lipinski definition) is 6. The summed E-state index contributed by atoms with van der Waals surface area (Å²) >= 11 is 0. The van der Waals surface area contributed by atoms with Crippen LogP contribution >= 0.6 is 0 Å². The molecule has 1 spiro atoms. The predicted molar refractivity (Wildman–Crippen MR) is 143 cm³/mol. The van der Waals surface area contributed by atoms with Crippen molar-refractivity contribution < 1.29 is 19.1 Å². The molecule has 1 saturated carbocycles. The maximum Gasteiger partial charge on any atom is 0.242 e. The molecule has 4 fully saturated rings. The number of nitrogens with one attached hydrogen (secondary N) is 2. The lowest BCUT2D eigenvalue weighted by molar-refractivity contribution is -0.143. The smallest absolute Gasteiger partial charge is 0.242 e. The third kappa shape index (κ3) is 4.32. The SMILES string of the molecule is Cc1cccc2c1C1(CCN(C(=O)C3CCC4NNCC4C3)CC1)C(=O)N2CC(=O)N1C[C@@H](C)O[C@@H](C)C1. The molecule has 9 nitrogen and oxygen atoms in total. The van der Waals surface area contributed by atoms with Crippen LogP contribution in [0.25, 0.3) is 0 Å². The summed E-state index contributed by atoms with van der Waals surface area (Å²) in [5.74, 6) is 0.823. The van der Waals surface area contributed by atoms with Crippen molar-refractivity contribution in [2.75, 3.05) is 44.2 Å². The van der Waals surface area contributed by atoms with E-state index in [1.807, 2.05) is 35.8 Å². The number of rotatable bonds is 3. The van der Waals surface area contributed by atoms with Crippen LogP contribution in [0.2, 0.25) is 0 Å². The number of nitrogens with zero attached hydrogens (tertiary/aromatic N) is 3. The van der Waals surface area contributed by atoms with Crippen LogP contribution < -0.4 is 15.8 Å². The van der Waals surface area contributed by atoms with Gasteiger partial charge in [0.15, 0.2) is 0 Å². The quantitative estimate of drug-likeness (QED) is 0.627. The summed E-state index contributed by atoms with van der Waals surface area (Å²) in [7, 11) is 0. The van der Waals surface area contributed by atoms with Gasteiger partial charge in [0.1, 0.15) is 6.54 Å². The van der Waals surface area contributed by atoms with Crippen LogP contribution in [0.4, 0.5) is 5.69 Å². The fourth-order valence-corrected chi connectivity index (χ4v) is 7.80. The number of amides is 3. The molecule has 206 valence electrons. The molecule has 0 radical (unpaired) electrons. The number of carbonyl (C=O) groups is 3. The number of fused-ring (bicyclic) bond motifs is 3. The monoisotopic (exact) mass is 523 g/mol. The minimum atomic E-state index is -0.666. The fourth-order valence-electron chi connectivity index (χ4n) is 7.80. The van der Waals surface area contributed by atoms with Gasteiger partial charge in [-0.3, -0.25) is 25.2 Å². The topological polar surface area (TPSA) is 94.2 Å². The zero-order valence-electron chi connectivity index (χ0n) is 22.9. The van der Waals surface area contributed by atoms with Crippen molar-refractivity contribution in [2.24, 2.45) is 11.8 Å². The first-order valence-electron chi connectivity index (χ1n) is 14.4. The van der Waals surface area contributed by atoms with E-state index in [4.69, 9.17) is 4.74 Å². The van der Waals surface area contributed by atoms with Gasteiger partial charge in [0.2, 0.25) is 17.7 Å². The number of piperidine rings is 1. The second-order valence-electron chi connectivity index (χ2n) is 12.2. The fraction of sp³-hybridized carbons (Fsp3) is 0.690. The Hall–Kier alpha value is -2.49. The number of ether oxygens (including phenoxy) is 1. The molecule has 3 unspecified atom stereocenters. The van der Waals surface area contributed by atoms with E-state index in [1.54, 1.807) is 4.90 Å². The van der Waals surface area contributed by atoms with E-state index in [0.29, 0.717) is 51.0 Å². The first-order valence-corrected chi connectivity index (χ1v) is 14.4. The van der Waals surface area contributed by atoms with Gasteiger partial charge in [-0.2, -0.15) is 0 Å². The van der Waals surface area contributed by atoms with Crippen LogP contribution in [-0.2, 0) is 24.5 Å². The van der Waals surface area contributed by atoms with Crippen molar-refractivity contribution >= 4 is 23.4 Å². The maximum absolute atomic E-state index is 14.2. The Kier molecular flexibility index (Phi) is 6.73. The number of carbonyl (C=O) groups excluding carboxylic acids is 3. The van der Waals surface area contributed by atoms with Crippen LogP contribution in [0.5, 0.6) is 0 Å². The molecule has 38 heavy (non-hydrogen) atoms. The third-order valence-electron chi connectivity index (χ3n) is 9.65. The van der Waals surface area contributed by atoms with E-state index in [2.05, 4.69) is 23.8 Å². The average Bonchev–Trinajstić information content (AvgIpc) is 3.46. The molecule has 4 heterocycles. The molecule has 0 aromatic heterocycles. The Morgan fingerprint density at radius 1 is 1.08 bits per heavy atom. The summed E-state index contributed by atoms with van der Waals surface area (Å²) in [5, 5.41) is 0. The number of aryl methyl sites for hydroxylation is 1. The second kappa shape index (κ2) is 9.92. The highest BCUT2D eigenvalue weighted by atomic mass is 16.5. The Bertz CT molecular complexity index is 1110. The third-order valence-corrected chi connectivity index (χ3v) is 9.65. The van der Waals surface area contributed by atoms with Gasteiger partial charge >= 0.3 is 0 Å². The Morgan fingerprint density at radius 3 is 2.55 bits per heavy atom. The number of hydrazine groups is 1. The molecule has 9 heteroatoms. The minimum absolute atomic E-state index is 0.0141. The highest BCUT2D eigenvalue weighted by molar-refractivity contribution is 6.11. The molecule has 1 aliphatic carbocycles. The number of hydrogen-bond donors (Lipinski definition) is 2. The average molecular weight is 524 g/mol. The largest absolute Gasteiger partial charge is 0.372 e. The van der Waals surface area contributed by atoms with Gasteiger partial charge in [0.05, 0.1) is 17.6 Å². The van der Waals surface area contributed by atoms with Crippen molar-refractivity contribution in [1.29, 1.82) is 0 Å². The molecule has 0 bridgehead atoms. The van der Waals surface area contributed by atoms with Gasteiger partial charge < -0.3 is 19.4 Å². The molecule has 5 aliphatic rings. The summed E-state index contributed by atoms with van der Waals surface area (Å²) in [6.07, 6.45) is 4.06. The molecular weight excluding hydrogens is 482 g/mol. The molecular formula is C29H41N5O4. The van der Waals surface area contributed by atoms with Crippen molar-refractivity contribution in [1.82, 2.24) is 20.7 Å². The van der Waals surface area contributed by atoms with Gasteiger partial charge in [-0.05, 0) is 76.0 Å². The van der Waals surface area contributed by atoms with Gasteiger partial charge in [-0.25, -0.2) is 0 Å². The lowest BCUT2D eigenvalue weighted by atomic mass is 9.71. The van der Waals surface area contributed by atoms with E-state index in [1.165, 1.54) is 0 Å². The molecule has 1 aromatic carbocycles. The van der Waals surface area contributed by atoms with Gasteiger partial charge in [0.25, 0.3) is 0 Å². The highest BCUT2D eigenvalue weighted by Gasteiger charge is 2.54. The van der Waals surface area contributed by atoms with E-state index >= 15 is 0 Å². The molecule has 3 saturated heterocycles. The Labute approximate surface area is 225 Å². The lowest BCUT2D eigenvalue weighted by Crippen LogP contribution is -2.54. The van der Waals surface area contributed by atoms with E-state index in [9.17, 15) is 14.4 Å². The van der Waals surface area contributed by atoms with Gasteiger partial charge in [-0.1, -0.05) is 12.1 Å². The van der Waals surface area contributed by atoms with Crippen LogP contribution in [0.3, 0.4) is 0 Å². The van der Waals surface area contributed by atoms with E-state index in [0.717, 1.165) is 42.6 Å². The standard InChI is InChI=1S/C29H41N5O4/c1-18-5-4-6-24-26(18)29(28(37)34(24)17-25(35)33-15-19(2)38-20(3)16-33)9-11-32(12-10-29)27(36)21-7-8-23-22(13-21)14-30-31-23/h4-6,19-23,30-31H,7-17H2,1-3H3/t19-,20+,21?,22?,23?. The molecule has 4 aliphatic heterocycles. The van der Waals surface area contributed by atoms with E-state index < -0.39 is 5.41 Å². The zero-order valence-corrected chi connectivity index (χ0v) is 22.9. The van der Waals surface area contributed by atoms with Crippen molar-refractivity contribution in [2.45, 2.75) is 76.5 Å². The summed E-state index contributed by atoms with van der Waals surface area (Å²) in [4.78, 5) is 46.6. The first kappa shape index (κ1) is 25.8. The molecule has 6 rings (SSSR count). The van der Waals surface area contributed by atoms with Crippen LogP contribution in [0.1, 0.15) is 57.1 Å². The summed E-state index contributed by atoms with van der Waals surface area (Å²) in [6, 6.07) is 6.49. The number of anilines is 1. The molecule has 2 N–H and O–H groups in total. The number of morpholine rings is 1. The summed E-state index contributed by atoms with van der Waals surface area (Å²) in [5.41, 5.74) is 8.92. The van der Waals surface area contributed by atoms with Crippen molar-refractivity contribution in [3.8, 4) is 0 Å². The normalized spacial score (nSPS) is 32.4. The highest BCUT2D eigenvalue weighted by Crippen LogP contribution is 2.49. The lowest BCUT2D eigenvalue weighted by Gasteiger charge is -2.41. The van der Waals surface area contributed by atoms with Crippen LogP contribution in [-0.4, -0.2) is 85.0 Å². The number of likely N-dealkylation sites (tertiary alicyclic amines) is 1. The predicted octanol–water partition coefficient (Wildman–Crippen LogP) is 1.73. The Morgan fingerprint density at radius 2 is 1.82 bits per heavy atom. The van der Waals surface area contributed by atoms with E-state index in [-0.39, 0.29) is 42.4 Å². The van der Waals surface area contributed by atoms with Gasteiger partial charge in [0, 0.05) is 50.4 Å². The maximum atomic E-state index is 14.2. The Balaban J connectivity index is 1.18. The molecule has 1 aromatic rings. The second-order valence-corrected chi connectivity index (χ2v) is 12.2. The summed E-state index contributed by atoms with van der Waals surface area (Å²) in [6.45, 7) is 9.25. The first-order chi connectivity index (χ1) is 18.3. The van der Waals surface area contributed by atoms with Crippen molar-refractivity contribution in [3.05, 3.63) is 29.3 Å². The molecule has 3 amide bonds. The van der Waals surface area contributed by atoms with Crippen LogP contribution in [0, 0.1) is 18.8 Å². The van der Waals surface area contributed by atoms with Crippen molar-refractivity contribution in [3.63, 3.8) is 0 Å².